The monoisotopic (exact) mass is 349 g/mol. The second-order valence-electron chi connectivity index (χ2n) is 6.15. The fraction of sp³-hybridized carbons (Fsp3) is 0.562. The average molecular weight is 349 g/mol. The number of carbonyl (C=O) groups is 1. The van der Waals surface area contributed by atoms with Gasteiger partial charge in [-0.15, -0.1) is 11.3 Å². The minimum atomic E-state index is -0.230. The summed E-state index contributed by atoms with van der Waals surface area (Å²) in [4.78, 5) is 16.5. The van der Waals surface area contributed by atoms with Crippen LogP contribution in [0.1, 0.15) is 36.4 Å². The van der Waals surface area contributed by atoms with Crippen molar-refractivity contribution in [1.29, 1.82) is 0 Å². The molecule has 1 saturated heterocycles. The van der Waals surface area contributed by atoms with Gasteiger partial charge in [-0.05, 0) is 19.8 Å². The molecule has 3 heterocycles. The standard InChI is InChI=1S/C16H23N5O2S/c1-11(15-19-12(2)10-24-15)6-17-16(22)20-13-7-18-21(8-13)9-14-4-3-5-23-14/h7-8,10-11,14H,3-6,9H2,1-2H3,(H2,17,20,22)/t11-,14-/m1/s1. The smallest absolute Gasteiger partial charge is 0.319 e. The van der Waals surface area contributed by atoms with Gasteiger partial charge in [0.15, 0.2) is 0 Å². The Kier molecular flexibility index (Phi) is 5.47. The van der Waals surface area contributed by atoms with E-state index in [2.05, 4.69) is 27.6 Å². The molecular weight excluding hydrogens is 326 g/mol. The zero-order valence-electron chi connectivity index (χ0n) is 14.0. The molecule has 7 nitrogen and oxygen atoms in total. The molecular formula is C16H23N5O2S. The summed E-state index contributed by atoms with van der Waals surface area (Å²) in [5.41, 5.74) is 1.70. The topological polar surface area (TPSA) is 81.1 Å². The molecule has 0 aliphatic carbocycles. The van der Waals surface area contributed by atoms with Gasteiger partial charge in [0.2, 0.25) is 0 Å². The second-order valence-corrected chi connectivity index (χ2v) is 7.04. The normalized spacial score (nSPS) is 18.5. The number of urea groups is 1. The van der Waals surface area contributed by atoms with Gasteiger partial charge in [-0.2, -0.15) is 5.10 Å². The van der Waals surface area contributed by atoms with Crippen LogP contribution in [0.2, 0.25) is 0 Å². The Labute approximate surface area is 145 Å². The molecule has 3 rings (SSSR count). The molecule has 1 fully saturated rings. The van der Waals surface area contributed by atoms with Crippen molar-refractivity contribution in [2.75, 3.05) is 18.5 Å². The van der Waals surface area contributed by atoms with E-state index in [0.29, 0.717) is 12.2 Å². The van der Waals surface area contributed by atoms with E-state index in [1.165, 1.54) is 0 Å². The first-order chi connectivity index (χ1) is 11.6. The molecule has 0 saturated carbocycles. The number of nitrogens with one attached hydrogen (secondary N) is 2. The summed E-state index contributed by atoms with van der Waals surface area (Å²) >= 11 is 1.62. The van der Waals surface area contributed by atoms with E-state index >= 15 is 0 Å². The number of rotatable bonds is 6. The molecule has 0 bridgehead atoms. The summed E-state index contributed by atoms with van der Waals surface area (Å²) in [7, 11) is 0. The van der Waals surface area contributed by atoms with Gasteiger partial charge >= 0.3 is 6.03 Å². The number of hydrogen-bond acceptors (Lipinski definition) is 5. The molecule has 24 heavy (non-hydrogen) atoms. The minimum absolute atomic E-state index is 0.191. The highest BCUT2D eigenvalue weighted by Crippen LogP contribution is 2.19. The number of carbonyl (C=O) groups excluding carboxylic acids is 1. The number of nitrogens with zero attached hydrogens (tertiary/aromatic N) is 3. The molecule has 2 aromatic heterocycles. The molecule has 2 amide bonds. The first kappa shape index (κ1) is 16.9. The maximum Gasteiger partial charge on any atom is 0.319 e. The van der Waals surface area contributed by atoms with E-state index in [1.54, 1.807) is 17.5 Å². The number of aromatic nitrogens is 3. The second kappa shape index (κ2) is 7.76. The van der Waals surface area contributed by atoms with Gasteiger partial charge in [0.25, 0.3) is 0 Å². The van der Waals surface area contributed by atoms with Crippen LogP contribution in [0.15, 0.2) is 17.8 Å². The van der Waals surface area contributed by atoms with Crippen LogP contribution in [0.4, 0.5) is 10.5 Å². The van der Waals surface area contributed by atoms with Crippen molar-refractivity contribution in [3.8, 4) is 0 Å². The van der Waals surface area contributed by atoms with Gasteiger partial charge in [-0.25, -0.2) is 9.78 Å². The largest absolute Gasteiger partial charge is 0.376 e. The van der Waals surface area contributed by atoms with Crippen molar-refractivity contribution >= 4 is 23.1 Å². The number of amides is 2. The van der Waals surface area contributed by atoms with E-state index in [9.17, 15) is 4.79 Å². The Hall–Kier alpha value is -1.93. The maximum atomic E-state index is 12.0. The predicted molar refractivity (Wildman–Crippen MR) is 93.5 cm³/mol. The Morgan fingerprint density at radius 3 is 3.17 bits per heavy atom. The summed E-state index contributed by atoms with van der Waals surface area (Å²) < 4.78 is 7.40. The first-order valence-corrected chi connectivity index (χ1v) is 9.09. The summed E-state index contributed by atoms with van der Waals surface area (Å²) in [6, 6.07) is -0.230. The molecule has 130 valence electrons. The molecule has 0 radical (unpaired) electrons. The highest BCUT2D eigenvalue weighted by atomic mass is 32.1. The van der Waals surface area contributed by atoms with Crippen molar-refractivity contribution in [2.24, 2.45) is 0 Å². The number of ether oxygens (including phenoxy) is 1. The van der Waals surface area contributed by atoms with E-state index in [0.717, 1.165) is 36.7 Å². The lowest BCUT2D eigenvalue weighted by Gasteiger charge is -2.10. The number of hydrogen-bond donors (Lipinski definition) is 2. The molecule has 0 aromatic carbocycles. The van der Waals surface area contributed by atoms with Crippen LogP contribution in [-0.4, -0.2) is 40.1 Å². The van der Waals surface area contributed by atoms with Crippen LogP contribution in [-0.2, 0) is 11.3 Å². The summed E-state index contributed by atoms with van der Waals surface area (Å²) in [6.45, 7) is 6.13. The molecule has 0 spiro atoms. The fourth-order valence-corrected chi connectivity index (χ4v) is 3.49. The van der Waals surface area contributed by atoms with Crippen molar-refractivity contribution in [3.05, 3.63) is 28.5 Å². The molecule has 8 heteroatoms. The van der Waals surface area contributed by atoms with Crippen molar-refractivity contribution in [2.45, 2.75) is 45.3 Å². The van der Waals surface area contributed by atoms with E-state index in [1.807, 2.05) is 23.2 Å². The molecule has 1 aliphatic heterocycles. The summed E-state index contributed by atoms with van der Waals surface area (Å²) in [5.74, 6) is 0.191. The minimum Gasteiger partial charge on any atom is -0.376 e. The van der Waals surface area contributed by atoms with Crippen LogP contribution < -0.4 is 10.6 Å². The quantitative estimate of drug-likeness (QED) is 0.840. The van der Waals surface area contributed by atoms with Crippen molar-refractivity contribution < 1.29 is 9.53 Å². The zero-order valence-corrected chi connectivity index (χ0v) is 14.8. The summed E-state index contributed by atoms with van der Waals surface area (Å²) in [5, 5.41) is 13.0. The molecule has 2 atom stereocenters. The van der Waals surface area contributed by atoms with E-state index < -0.39 is 0 Å². The number of aryl methyl sites for hydroxylation is 1. The Balaban J connectivity index is 1.43. The Morgan fingerprint density at radius 1 is 1.58 bits per heavy atom. The van der Waals surface area contributed by atoms with Gasteiger partial charge < -0.3 is 15.4 Å². The summed E-state index contributed by atoms with van der Waals surface area (Å²) in [6.07, 6.45) is 5.89. The van der Waals surface area contributed by atoms with E-state index in [-0.39, 0.29) is 18.1 Å². The van der Waals surface area contributed by atoms with Gasteiger partial charge in [0, 0.05) is 36.3 Å². The third-order valence-electron chi connectivity index (χ3n) is 3.93. The first-order valence-electron chi connectivity index (χ1n) is 8.21. The predicted octanol–water partition coefficient (Wildman–Crippen LogP) is 2.75. The molecule has 2 aromatic rings. The van der Waals surface area contributed by atoms with Crippen molar-refractivity contribution in [1.82, 2.24) is 20.1 Å². The average Bonchev–Trinajstić information content (AvgIpc) is 3.28. The van der Waals surface area contributed by atoms with E-state index in [4.69, 9.17) is 4.74 Å². The lowest BCUT2D eigenvalue weighted by Crippen LogP contribution is -2.31. The van der Waals surface area contributed by atoms with Crippen LogP contribution in [0.25, 0.3) is 0 Å². The van der Waals surface area contributed by atoms with Gasteiger partial charge in [-0.1, -0.05) is 6.92 Å². The zero-order chi connectivity index (χ0) is 16.9. The van der Waals surface area contributed by atoms with Gasteiger partial charge in [0.1, 0.15) is 0 Å². The van der Waals surface area contributed by atoms with Crippen LogP contribution in [0, 0.1) is 6.92 Å². The molecule has 0 unspecified atom stereocenters. The molecule has 2 N–H and O–H groups in total. The SMILES string of the molecule is Cc1csc([C@H](C)CNC(=O)Nc2cnn(C[C@H]3CCCO3)c2)n1. The number of thiazole rings is 1. The van der Waals surface area contributed by atoms with Crippen LogP contribution in [0.3, 0.4) is 0 Å². The lowest BCUT2D eigenvalue weighted by atomic mass is 10.2. The van der Waals surface area contributed by atoms with Crippen LogP contribution >= 0.6 is 11.3 Å². The highest BCUT2D eigenvalue weighted by molar-refractivity contribution is 7.09. The maximum absolute atomic E-state index is 12.0. The van der Waals surface area contributed by atoms with Gasteiger partial charge in [0.05, 0.1) is 29.5 Å². The third-order valence-corrected chi connectivity index (χ3v) is 5.13. The van der Waals surface area contributed by atoms with Gasteiger partial charge in [-0.3, -0.25) is 4.68 Å². The lowest BCUT2D eigenvalue weighted by molar-refractivity contribution is 0.0940. The Morgan fingerprint density at radius 2 is 2.46 bits per heavy atom. The molecule has 1 aliphatic rings. The number of anilines is 1. The third kappa shape index (κ3) is 4.55. The van der Waals surface area contributed by atoms with Crippen molar-refractivity contribution in [3.63, 3.8) is 0 Å². The fourth-order valence-electron chi connectivity index (χ4n) is 2.63. The van der Waals surface area contributed by atoms with Crippen LogP contribution in [0.5, 0.6) is 0 Å². The highest BCUT2D eigenvalue weighted by Gasteiger charge is 2.17. The Bertz CT molecular complexity index is 678.